The summed E-state index contributed by atoms with van der Waals surface area (Å²) in [6.45, 7) is -0.0542. The van der Waals surface area contributed by atoms with Crippen molar-refractivity contribution in [3.63, 3.8) is 0 Å². The van der Waals surface area contributed by atoms with Crippen molar-refractivity contribution in [2.45, 2.75) is 86.7 Å². The topological polar surface area (TPSA) is 177 Å². The van der Waals surface area contributed by atoms with Crippen LogP contribution in [0.2, 0.25) is 0 Å². The second-order valence-corrected chi connectivity index (χ2v) is 17.9. The summed E-state index contributed by atoms with van der Waals surface area (Å²) in [7, 11) is -3.90. The van der Waals surface area contributed by atoms with E-state index in [1.54, 1.807) is 23.7 Å². The van der Waals surface area contributed by atoms with Gasteiger partial charge in [0.05, 0.1) is 22.4 Å². The third-order valence-electron chi connectivity index (χ3n) is 11.2. The number of carbonyl (C=O) groups excluding carboxylic acids is 4. The van der Waals surface area contributed by atoms with E-state index in [1.165, 1.54) is 27.0 Å². The Morgan fingerprint density at radius 1 is 0.964 bits per heavy atom. The van der Waals surface area contributed by atoms with Crippen molar-refractivity contribution in [3.05, 3.63) is 99.6 Å². The van der Waals surface area contributed by atoms with Gasteiger partial charge >= 0.3 is 0 Å². The van der Waals surface area contributed by atoms with Gasteiger partial charge in [0.1, 0.15) is 17.6 Å². The molecule has 1 saturated heterocycles. The molecule has 3 fully saturated rings. The molecule has 4 heterocycles. The summed E-state index contributed by atoms with van der Waals surface area (Å²) >= 11 is 1.25. The summed E-state index contributed by atoms with van der Waals surface area (Å²) in [4.78, 5) is 71.6. The fraction of sp³-hybridized carbons (Fsp3) is 0.400. The van der Waals surface area contributed by atoms with Crippen LogP contribution in [0.3, 0.4) is 0 Å². The summed E-state index contributed by atoms with van der Waals surface area (Å²) in [6.07, 6.45) is 9.76. The molecule has 13 nitrogen and oxygen atoms in total. The molecule has 2 aliphatic carbocycles. The van der Waals surface area contributed by atoms with E-state index in [0.717, 1.165) is 29.2 Å². The highest BCUT2D eigenvalue weighted by atomic mass is 32.2. The largest absolute Gasteiger partial charge is 0.340 e. The maximum absolute atomic E-state index is 14.6. The van der Waals surface area contributed by atoms with Crippen LogP contribution in [0.15, 0.2) is 89.2 Å². The van der Waals surface area contributed by atoms with Crippen molar-refractivity contribution in [3.8, 4) is 11.1 Å². The molecule has 4 amide bonds. The van der Waals surface area contributed by atoms with Gasteiger partial charge in [0.25, 0.3) is 17.4 Å². The van der Waals surface area contributed by atoms with E-state index in [4.69, 9.17) is 0 Å². The quantitative estimate of drug-likeness (QED) is 0.235. The lowest BCUT2D eigenvalue weighted by molar-refractivity contribution is -0.141. The molecule has 0 spiro atoms. The third kappa shape index (κ3) is 7.46. The molecule has 15 heteroatoms. The molecule has 0 bridgehead atoms. The number of carbonyl (C=O) groups is 4. The Kier molecular flexibility index (Phi) is 9.92. The first kappa shape index (κ1) is 36.8. The third-order valence-corrected chi connectivity index (χ3v) is 13.9. The molecule has 4 aromatic rings. The van der Waals surface area contributed by atoms with Gasteiger partial charge in [0.2, 0.25) is 21.8 Å². The number of benzene rings is 2. The number of allylic oxidation sites excluding steroid dienone is 1. The van der Waals surface area contributed by atoms with E-state index in [0.29, 0.717) is 42.5 Å². The minimum absolute atomic E-state index is 0.00225. The molecule has 2 saturated carbocycles. The maximum Gasteiger partial charge on any atom is 0.267 e. The first-order valence-electron chi connectivity index (χ1n) is 18.8. The number of hydrogen-bond donors (Lipinski definition) is 3. The molecule has 55 heavy (non-hydrogen) atoms. The monoisotopic (exact) mass is 782 g/mol. The van der Waals surface area contributed by atoms with Crippen molar-refractivity contribution in [2.24, 2.45) is 5.92 Å². The van der Waals surface area contributed by atoms with E-state index >= 15 is 0 Å². The van der Waals surface area contributed by atoms with Crippen LogP contribution in [0, 0.1) is 5.92 Å². The molecule has 2 unspecified atom stereocenters. The number of sulfonamides is 1. The summed E-state index contributed by atoms with van der Waals surface area (Å²) < 4.78 is 29.2. The summed E-state index contributed by atoms with van der Waals surface area (Å²) in [5, 5.41) is 13.4. The molecule has 2 aromatic carbocycles. The van der Waals surface area contributed by atoms with Crippen LogP contribution in [-0.4, -0.2) is 76.1 Å². The average Bonchev–Trinajstić information content (AvgIpc) is 4.03. The lowest BCUT2D eigenvalue weighted by Gasteiger charge is -2.30. The highest BCUT2D eigenvalue weighted by molar-refractivity contribution is 7.91. The first-order valence-corrected chi connectivity index (χ1v) is 21.2. The molecular formula is C40H42N6O7S2. The normalized spacial score (nSPS) is 26.5. The van der Waals surface area contributed by atoms with Gasteiger partial charge in [-0.1, -0.05) is 73.5 Å². The summed E-state index contributed by atoms with van der Waals surface area (Å²) in [5.41, 5.74) is -0.474. The van der Waals surface area contributed by atoms with Crippen LogP contribution in [-0.2, 0) is 24.4 Å². The van der Waals surface area contributed by atoms with Crippen LogP contribution in [0.5, 0.6) is 0 Å². The maximum atomic E-state index is 14.6. The smallest absolute Gasteiger partial charge is 0.267 e. The molecule has 3 N–H and O–H groups in total. The second-order valence-electron chi connectivity index (χ2n) is 15.0. The lowest BCUT2D eigenvalue weighted by atomic mass is 10.00. The van der Waals surface area contributed by atoms with Gasteiger partial charge in [0, 0.05) is 30.5 Å². The number of thiophene rings is 1. The second kappa shape index (κ2) is 14.8. The molecule has 2 aliphatic heterocycles. The number of nitrogens with one attached hydrogen (secondary N) is 3. The zero-order chi connectivity index (χ0) is 38.3. The Balaban J connectivity index is 1.12. The Morgan fingerprint density at radius 3 is 2.56 bits per heavy atom. The van der Waals surface area contributed by atoms with Crippen molar-refractivity contribution in [2.75, 3.05) is 6.54 Å². The zero-order valence-electron chi connectivity index (χ0n) is 30.1. The molecule has 2 aromatic heterocycles. The number of hydrogen-bond acceptors (Lipinski definition) is 9. The fourth-order valence-electron chi connectivity index (χ4n) is 7.91. The Morgan fingerprint density at radius 2 is 1.78 bits per heavy atom. The van der Waals surface area contributed by atoms with Gasteiger partial charge in [-0.15, -0.1) is 11.3 Å². The van der Waals surface area contributed by atoms with Gasteiger partial charge in [-0.05, 0) is 66.3 Å². The van der Waals surface area contributed by atoms with Gasteiger partial charge in [-0.3, -0.25) is 28.7 Å². The minimum atomic E-state index is -3.90. The van der Waals surface area contributed by atoms with Gasteiger partial charge in [0.15, 0.2) is 0 Å². The molecule has 286 valence electrons. The molecule has 4 aliphatic rings. The van der Waals surface area contributed by atoms with E-state index in [9.17, 15) is 32.4 Å². The van der Waals surface area contributed by atoms with Gasteiger partial charge < -0.3 is 15.5 Å². The van der Waals surface area contributed by atoms with E-state index in [-0.39, 0.29) is 19.4 Å². The first-order chi connectivity index (χ1) is 26.5. The number of nitrogens with zero attached hydrogens (tertiary/aromatic N) is 3. The number of rotatable bonds is 7. The van der Waals surface area contributed by atoms with Crippen LogP contribution in [0.1, 0.15) is 73.5 Å². The number of aromatic nitrogens is 2. The van der Waals surface area contributed by atoms with Crippen molar-refractivity contribution >= 4 is 55.8 Å². The van der Waals surface area contributed by atoms with Crippen molar-refractivity contribution in [1.82, 2.24) is 30.0 Å². The van der Waals surface area contributed by atoms with Gasteiger partial charge in [-0.2, -0.15) is 5.10 Å². The number of amides is 4. The predicted octanol–water partition coefficient (Wildman–Crippen LogP) is 4.07. The summed E-state index contributed by atoms with van der Waals surface area (Å²) in [5.74, 6) is -2.78. The molecule has 5 atom stereocenters. The SMILES string of the molecule is O=C(N[C@H]1CCCCC/C=C\[C@@H]2CC2(C(=O)NS(=O)(=O)C2CC2)NC(=O)[C@@H]2CC(n3ncc(-c4cccc5ccccc45)cc3=O)CN2C1=O)c1cccs1. The van der Waals surface area contributed by atoms with E-state index in [1.807, 2.05) is 54.6 Å². The zero-order valence-corrected chi connectivity index (χ0v) is 31.7. The van der Waals surface area contributed by atoms with Crippen LogP contribution in [0.4, 0.5) is 0 Å². The Labute approximate surface area is 322 Å². The van der Waals surface area contributed by atoms with E-state index < -0.39 is 74.0 Å². The molecular weight excluding hydrogens is 741 g/mol. The van der Waals surface area contributed by atoms with Crippen molar-refractivity contribution in [1.29, 1.82) is 0 Å². The van der Waals surface area contributed by atoms with Crippen molar-refractivity contribution < 1.29 is 27.6 Å². The lowest BCUT2D eigenvalue weighted by Crippen LogP contribution is -2.58. The van der Waals surface area contributed by atoms with Crippen LogP contribution >= 0.6 is 11.3 Å². The average molecular weight is 783 g/mol. The minimum Gasteiger partial charge on any atom is -0.340 e. The highest BCUT2D eigenvalue weighted by Gasteiger charge is 2.62. The standard InChI is InChI=1S/C40H42N6O7S2/c47-35-20-26(31-14-8-11-25-10-6-7-13-30(25)31)23-41-46(35)28-21-33-36(48)43-40(39(51)44-55(52,53)29-17-18-29)22-27(40)12-4-2-1-3-5-15-32(38(50)45(33)24-28)42-37(49)34-16-9-19-54-34/h4,6-14,16,19-20,23,27-29,32-33H,1-3,5,15,17-18,21-22,24H2,(H,42,49)(H,43,48)(H,44,51)/b12-4-/t27-,28?,32+,33+,40?/m1/s1. The van der Waals surface area contributed by atoms with E-state index in [2.05, 4.69) is 20.5 Å². The van der Waals surface area contributed by atoms with Gasteiger partial charge in [-0.25, -0.2) is 13.1 Å². The number of fused-ring (bicyclic) bond motifs is 3. The van der Waals surface area contributed by atoms with Crippen LogP contribution < -0.4 is 20.9 Å². The fourth-order valence-corrected chi connectivity index (χ4v) is 9.90. The van der Waals surface area contributed by atoms with Crippen LogP contribution in [0.25, 0.3) is 21.9 Å². The predicted molar refractivity (Wildman–Crippen MR) is 207 cm³/mol. The summed E-state index contributed by atoms with van der Waals surface area (Å²) in [6, 6.07) is 15.8. The molecule has 0 radical (unpaired) electrons. The Hall–Kier alpha value is -5.15. The Bertz CT molecular complexity index is 2350. The molecule has 8 rings (SSSR count). The highest BCUT2D eigenvalue weighted by Crippen LogP contribution is 2.46.